The first kappa shape index (κ1) is 23.9. The van der Waals surface area contributed by atoms with Gasteiger partial charge in [0.2, 0.25) is 0 Å². The maximum absolute atomic E-state index is 13.1. The maximum Gasteiger partial charge on any atom is 0.400 e. The predicted octanol–water partition coefficient (Wildman–Crippen LogP) is 6.66. The highest BCUT2D eigenvalue weighted by Gasteiger charge is 2.35. The van der Waals surface area contributed by atoms with Gasteiger partial charge in [-0.05, 0) is 62.2 Å². The fourth-order valence-corrected chi connectivity index (χ4v) is 7.58. The van der Waals surface area contributed by atoms with Crippen molar-refractivity contribution in [2.45, 2.75) is 77.8 Å². The second-order valence-corrected chi connectivity index (χ2v) is 16.8. The Balaban J connectivity index is 2.84. The van der Waals surface area contributed by atoms with E-state index in [-0.39, 0.29) is 6.09 Å². The summed E-state index contributed by atoms with van der Waals surface area (Å²) in [4.78, 5) is 14.9. The van der Waals surface area contributed by atoms with Crippen LogP contribution in [0.3, 0.4) is 0 Å². The zero-order valence-corrected chi connectivity index (χ0v) is 20.2. The summed E-state index contributed by atoms with van der Waals surface area (Å²) in [5, 5.41) is 0. The smallest absolute Gasteiger partial charge is 0.400 e. The number of rotatable bonds is 12. The van der Waals surface area contributed by atoms with Gasteiger partial charge in [0.05, 0.1) is 0 Å². The molecule has 0 aromatic heterocycles. The highest BCUT2D eigenvalue weighted by molar-refractivity contribution is 6.75. The molecule has 1 aromatic carbocycles. The lowest BCUT2D eigenvalue weighted by atomic mass is 10.3. The molecular formula is C21H39NO3Si2. The van der Waals surface area contributed by atoms with Crippen LogP contribution >= 0.6 is 0 Å². The van der Waals surface area contributed by atoms with Crippen molar-refractivity contribution in [1.29, 1.82) is 0 Å². The first-order valence-electron chi connectivity index (χ1n) is 10.5. The van der Waals surface area contributed by atoms with Crippen LogP contribution in [0.25, 0.3) is 0 Å². The summed E-state index contributed by atoms with van der Waals surface area (Å²) in [6, 6.07) is 13.9. The molecule has 6 heteroatoms. The van der Waals surface area contributed by atoms with Crippen molar-refractivity contribution < 1.29 is 13.6 Å². The van der Waals surface area contributed by atoms with Crippen molar-refractivity contribution in [3.05, 3.63) is 30.3 Å². The molecule has 27 heavy (non-hydrogen) atoms. The monoisotopic (exact) mass is 409 g/mol. The molecule has 0 fully saturated rings. The summed E-state index contributed by atoms with van der Waals surface area (Å²) in [7, 11) is -3.64. The molecule has 0 atom stereocenters. The quantitative estimate of drug-likeness (QED) is 0.362. The van der Waals surface area contributed by atoms with Crippen molar-refractivity contribution in [1.82, 2.24) is 0 Å². The van der Waals surface area contributed by atoms with Crippen LogP contribution in [0.2, 0.25) is 37.3 Å². The molecule has 0 aliphatic rings. The molecule has 0 radical (unpaired) electrons. The number of para-hydroxylation sites is 1. The molecule has 0 aliphatic carbocycles. The van der Waals surface area contributed by atoms with E-state index in [4.69, 9.17) is 8.85 Å². The largest absolute Gasteiger partial charge is 0.503 e. The van der Waals surface area contributed by atoms with Crippen LogP contribution in [0.5, 0.6) is 0 Å². The van der Waals surface area contributed by atoms with Gasteiger partial charge in [-0.2, -0.15) is 0 Å². The molecule has 0 saturated heterocycles. The van der Waals surface area contributed by atoms with Crippen LogP contribution in [0.1, 0.15) is 40.5 Å². The van der Waals surface area contributed by atoms with Gasteiger partial charge in [0.25, 0.3) is 8.32 Å². The van der Waals surface area contributed by atoms with Crippen molar-refractivity contribution in [3.8, 4) is 0 Å². The van der Waals surface area contributed by atoms with Gasteiger partial charge in [0, 0.05) is 18.8 Å². The van der Waals surface area contributed by atoms with E-state index in [0.717, 1.165) is 49.3 Å². The Hall–Kier alpha value is -1.12. The highest BCUT2D eigenvalue weighted by Crippen LogP contribution is 2.25. The Labute approximate surface area is 168 Å². The topological polar surface area (TPSA) is 38.8 Å². The van der Waals surface area contributed by atoms with E-state index in [1.54, 1.807) is 0 Å². The lowest BCUT2D eigenvalue weighted by Crippen LogP contribution is -2.44. The molecular weight excluding hydrogens is 370 g/mol. The van der Waals surface area contributed by atoms with Crippen molar-refractivity contribution in [3.63, 3.8) is 0 Å². The third kappa shape index (κ3) is 7.80. The summed E-state index contributed by atoms with van der Waals surface area (Å²) in [5.74, 6) is 0. The Kier molecular flexibility index (Phi) is 10.3. The van der Waals surface area contributed by atoms with Gasteiger partial charge in [-0.25, -0.2) is 4.79 Å². The number of hydrogen-bond donors (Lipinski definition) is 0. The molecule has 0 aliphatic heterocycles. The zero-order valence-electron chi connectivity index (χ0n) is 18.2. The SMILES string of the molecule is CCCO[Si](C)(C)CCCN(C(=O)O[Si](CC)(CC)CC)c1ccccc1. The van der Waals surface area contributed by atoms with Gasteiger partial charge < -0.3 is 8.85 Å². The molecule has 4 nitrogen and oxygen atoms in total. The van der Waals surface area contributed by atoms with Gasteiger partial charge >= 0.3 is 6.09 Å². The number of nitrogens with zero attached hydrogens (tertiary/aromatic N) is 1. The molecule has 1 amide bonds. The van der Waals surface area contributed by atoms with Crippen LogP contribution in [0.4, 0.5) is 10.5 Å². The van der Waals surface area contributed by atoms with Crippen molar-refractivity contribution in [2.75, 3.05) is 18.1 Å². The van der Waals surface area contributed by atoms with Crippen LogP contribution in [-0.2, 0) is 8.85 Å². The Morgan fingerprint density at radius 1 is 1.00 bits per heavy atom. The molecule has 0 spiro atoms. The Bertz CT molecular complexity index is 539. The molecule has 1 aromatic rings. The van der Waals surface area contributed by atoms with Gasteiger partial charge in [-0.1, -0.05) is 45.9 Å². The minimum Gasteiger partial charge on any atom is -0.503 e. The predicted molar refractivity (Wildman–Crippen MR) is 121 cm³/mol. The van der Waals surface area contributed by atoms with E-state index in [9.17, 15) is 4.79 Å². The third-order valence-electron chi connectivity index (χ3n) is 5.38. The van der Waals surface area contributed by atoms with Gasteiger partial charge in [0.1, 0.15) is 0 Å². The van der Waals surface area contributed by atoms with Crippen LogP contribution in [0, 0.1) is 0 Å². The fourth-order valence-electron chi connectivity index (χ4n) is 3.25. The molecule has 0 bridgehead atoms. The maximum atomic E-state index is 13.1. The molecule has 0 unspecified atom stereocenters. The molecule has 154 valence electrons. The van der Waals surface area contributed by atoms with Crippen molar-refractivity contribution in [2.24, 2.45) is 0 Å². The van der Waals surface area contributed by atoms with E-state index < -0.39 is 16.6 Å². The summed E-state index contributed by atoms with van der Waals surface area (Å²) < 4.78 is 12.2. The van der Waals surface area contributed by atoms with E-state index in [1.807, 2.05) is 35.2 Å². The first-order chi connectivity index (χ1) is 12.8. The van der Waals surface area contributed by atoms with Crippen LogP contribution in [0.15, 0.2) is 30.3 Å². The molecule has 0 heterocycles. The summed E-state index contributed by atoms with van der Waals surface area (Å²) >= 11 is 0. The Morgan fingerprint density at radius 2 is 1.59 bits per heavy atom. The molecule has 0 saturated carbocycles. The van der Waals surface area contributed by atoms with Crippen molar-refractivity contribution >= 4 is 28.4 Å². The average Bonchev–Trinajstić information content (AvgIpc) is 2.68. The average molecular weight is 410 g/mol. The zero-order chi connectivity index (χ0) is 20.3. The molecule has 0 N–H and O–H groups in total. The second kappa shape index (κ2) is 11.7. The highest BCUT2D eigenvalue weighted by atomic mass is 28.4. The van der Waals surface area contributed by atoms with Crippen LogP contribution in [-0.4, -0.2) is 35.9 Å². The second-order valence-electron chi connectivity index (χ2n) is 7.81. The number of benzene rings is 1. The summed E-state index contributed by atoms with van der Waals surface area (Å²) in [6.45, 7) is 14.6. The van der Waals surface area contributed by atoms with E-state index in [1.165, 1.54) is 0 Å². The Morgan fingerprint density at radius 3 is 2.11 bits per heavy atom. The van der Waals surface area contributed by atoms with E-state index in [0.29, 0.717) is 6.54 Å². The number of amides is 1. The number of hydrogen-bond acceptors (Lipinski definition) is 3. The lowest BCUT2D eigenvalue weighted by Gasteiger charge is -2.32. The van der Waals surface area contributed by atoms with Gasteiger partial charge in [-0.15, -0.1) is 0 Å². The lowest BCUT2D eigenvalue weighted by molar-refractivity contribution is 0.204. The number of anilines is 1. The number of carbonyl (C=O) groups is 1. The third-order valence-corrected chi connectivity index (χ3v) is 12.4. The minimum absolute atomic E-state index is 0.174. The number of carbonyl (C=O) groups excluding carboxylic acids is 1. The normalized spacial score (nSPS) is 12.1. The minimum atomic E-state index is -1.98. The van der Waals surface area contributed by atoms with Gasteiger partial charge in [0.15, 0.2) is 8.32 Å². The standard InChI is InChI=1S/C21H39NO3Si2/c1-7-18-24-26(5,6)19-14-17-22(20-15-12-11-13-16-20)21(23)25-27(8-2,9-3)10-4/h11-13,15-16H,7-10,14,17-19H2,1-6H3. The van der Waals surface area contributed by atoms with Crippen LogP contribution < -0.4 is 4.90 Å². The van der Waals surface area contributed by atoms with E-state index in [2.05, 4.69) is 40.8 Å². The van der Waals surface area contributed by atoms with Gasteiger partial charge in [-0.3, -0.25) is 4.90 Å². The molecule has 1 rings (SSSR count). The van der Waals surface area contributed by atoms with E-state index >= 15 is 0 Å². The fraction of sp³-hybridized carbons (Fsp3) is 0.667. The first-order valence-corrected chi connectivity index (χ1v) is 16.2. The summed E-state index contributed by atoms with van der Waals surface area (Å²) in [5.41, 5.74) is 0.919. The summed E-state index contributed by atoms with van der Waals surface area (Å²) in [6.07, 6.45) is 1.81.